The number of carboxylic acid groups (broad SMARTS) is 4. The van der Waals surface area contributed by atoms with Gasteiger partial charge in [0.15, 0.2) is 121 Å². The predicted octanol–water partition coefficient (Wildman–Crippen LogP) is 4.12. The zero-order chi connectivity index (χ0) is 109. The minimum Gasteiger partial charge on any atom is -0.504 e. The van der Waals surface area contributed by atoms with Gasteiger partial charge in [0, 0.05) is 100.0 Å². The van der Waals surface area contributed by atoms with Gasteiger partial charge < -0.3 is 181 Å². The van der Waals surface area contributed by atoms with E-state index in [2.05, 4.69) is 0 Å². The third kappa shape index (κ3) is 31.6. The average molecular weight is 2070 g/mol. The van der Waals surface area contributed by atoms with E-state index in [4.69, 9.17) is 37.9 Å². The topological polar surface area (TPSA) is 845 Å². The molecule has 0 aliphatic heterocycles. The lowest BCUT2D eigenvalue weighted by atomic mass is 9.79. The molecule has 28 N–H and O–H groups in total. The number of carbonyl (C=O) groups excluding carboxylic acids is 8. The second-order valence-corrected chi connectivity index (χ2v) is 33.4. The van der Waals surface area contributed by atoms with E-state index in [1.165, 1.54) is 176 Å². The molecule has 8 aromatic rings. The Balaban J connectivity index is 0.000000219. The fourth-order valence-corrected chi connectivity index (χ4v) is 14.6. The van der Waals surface area contributed by atoms with Crippen molar-refractivity contribution in [2.75, 3.05) is 0 Å². The first kappa shape index (κ1) is 113. The van der Waals surface area contributed by atoms with Gasteiger partial charge in [-0.2, -0.15) is 0 Å². The number of hydrogen-bond donors (Lipinski definition) is 28. The zero-order valence-electron chi connectivity index (χ0n) is 76.4. The second-order valence-electron chi connectivity index (χ2n) is 33.4. The molecule has 0 bridgehead atoms. The summed E-state index contributed by atoms with van der Waals surface area (Å²) < 4.78 is 41.3. The molecular weight excluding hydrogens is 1970 g/mol. The molecule has 4 aliphatic carbocycles. The Morgan fingerprint density at radius 2 is 0.405 bits per heavy atom. The first-order chi connectivity index (χ1) is 69.5. The fourth-order valence-electron chi connectivity index (χ4n) is 14.6. The number of hydrogen-bond acceptors (Lipinski definition) is 44. The maximum atomic E-state index is 12.4. The summed E-state index contributed by atoms with van der Waals surface area (Å²) in [7, 11) is 0. The third-order valence-electron chi connectivity index (χ3n) is 22.4. The van der Waals surface area contributed by atoms with Crippen LogP contribution in [0.25, 0.3) is 48.6 Å². The SMILES string of the molecule is O=C(/C=C/c1ccc(O)c(O)c1)O[C@@H]1CC(O)(C(=O)O)C[C@@H](OC(=O)/C=C/c2ccc(O)c(O)c2)C1O.O=C(/C=C/c1ccc(O)c(O)c1)O[C@@H]1C[C@@](OC(=O)/C=C/c2ccc(O)c(O)c2)(C(=O)O)C[C@@H](O)[C@@H]1O.O=C(/C=C/c1ccc(O)c(O)c1)O[C@@H]1[C@H](O)C[C@@](O)(C(=O)O)C[C@H]1OC(=O)/C=C/c1ccc(O)c(O)c1.O=C(/C=C/c1ccc(O)c(O)c1)O[C@H]1[C@H](O)C[C@](O)(C(=O)O)C[C@H]1OC(=O)/C=C/c1ccc(O)c(O)c1. The average Bonchev–Trinajstić information content (AvgIpc) is 0.781. The van der Waals surface area contributed by atoms with Gasteiger partial charge in [-0.15, -0.1) is 0 Å². The molecule has 784 valence electrons. The van der Waals surface area contributed by atoms with E-state index in [-0.39, 0.29) is 51.6 Å². The Morgan fingerprint density at radius 1 is 0.216 bits per heavy atom. The van der Waals surface area contributed by atoms with E-state index in [0.717, 1.165) is 66.8 Å². The van der Waals surface area contributed by atoms with E-state index >= 15 is 0 Å². The smallest absolute Gasteiger partial charge is 0.348 e. The van der Waals surface area contributed by atoms with Crippen LogP contribution in [0.1, 0.15) is 95.9 Å². The van der Waals surface area contributed by atoms with Gasteiger partial charge in [-0.25, -0.2) is 57.5 Å². The van der Waals surface area contributed by atoms with Crippen molar-refractivity contribution in [2.45, 2.75) is 147 Å². The lowest BCUT2D eigenvalue weighted by molar-refractivity contribution is -0.207. The summed E-state index contributed by atoms with van der Waals surface area (Å²) in [6, 6.07) is 29.9. The van der Waals surface area contributed by atoms with Crippen molar-refractivity contribution < 1.29 is 238 Å². The number of aliphatic carboxylic acids is 4. The van der Waals surface area contributed by atoms with Crippen LogP contribution >= 0.6 is 0 Å². The van der Waals surface area contributed by atoms with Crippen molar-refractivity contribution in [3.05, 3.63) is 239 Å². The lowest BCUT2D eigenvalue weighted by Crippen LogP contribution is -2.58. The number of aliphatic hydroxyl groups excluding tert-OH is 5. The predicted molar refractivity (Wildman–Crippen MR) is 501 cm³/mol. The monoisotopic (exact) mass is 2060 g/mol. The standard InChI is InChI=1S/4C25H24O12/c26-15-5-1-13(9-17(15)28)3-7-21(30)36-19-11-25(35,24(33)34)12-20(23(19)32)37-22(31)8-4-14-2-6-16(27)18(29)10-14;2*26-15-5-1-13(9-17(15)28)3-7-21(31)36-20-12-25(35,24(33)34)11-19(30)23(20)37-22(32)8-4-14-2-6-16(27)18(29)10-14;26-15-5-1-13(9-17(15)28)3-7-21(31)36-20-12-25(24(34)35,11-19(30)23(20)33)37-22(32)8-4-14-2-6-16(27)18(29)10-14/h1-10,19-20,23,26-29,32,35H,11-12H2,(H,33,34);2*1-10,19-20,23,26-30,35H,11-12H2,(H,33,34);1-10,19-20,23,26-30,33H,11-12H2,(H,34,35)/b4*7-3+,8-4+/t19-,20-,23?,25?;19-,20-,23+,25-;19-,20-,23-,25+;19-,20-,23+,25-/m1111/s1. The molecule has 12 rings (SSSR count). The summed E-state index contributed by atoms with van der Waals surface area (Å²) in [4.78, 5) is 146. The van der Waals surface area contributed by atoms with Crippen molar-refractivity contribution in [1.82, 2.24) is 0 Å². The van der Waals surface area contributed by atoms with Crippen molar-refractivity contribution in [3.63, 3.8) is 0 Å². The largest absolute Gasteiger partial charge is 0.504 e. The quantitative estimate of drug-likeness (QED) is 0.0142. The van der Waals surface area contributed by atoms with Gasteiger partial charge >= 0.3 is 71.6 Å². The van der Waals surface area contributed by atoms with Crippen LogP contribution in [0.4, 0.5) is 0 Å². The highest BCUT2D eigenvalue weighted by atomic mass is 16.6. The van der Waals surface area contributed by atoms with Crippen LogP contribution in [-0.2, 0) is 95.4 Å². The molecule has 0 spiro atoms. The number of carbonyl (C=O) groups is 12. The number of benzene rings is 8. The fraction of sp³-hybridized carbons (Fsp3) is 0.240. The Labute approximate surface area is 832 Å². The first-order valence-corrected chi connectivity index (χ1v) is 43.3. The highest BCUT2D eigenvalue weighted by Crippen LogP contribution is 2.42. The Hall–Kier alpha value is -18.2. The number of aliphatic hydroxyl groups is 8. The summed E-state index contributed by atoms with van der Waals surface area (Å²) in [6.07, 6.45) is -7.67. The van der Waals surface area contributed by atoms with Crippen molar-refractivity contribution >= 4 is 120 Å². The van der Waals surface area contributed by atoms with Crippen LogP contribution in [-0.4, -0.2) is 310 Å². The van der Waals surface area contributed by atoms with E-state index < -0.39 is 265 Å². The van der Waals surface area contributed by atoms with E-state index in [1.54, 1.807) is 0 Å². The molecule has 0 heterocycles. The summed E-state index contributed by atoms with van der Waals surface area (Å²) in [5, 5.41) is 272. The molecule has 48 heteroatoms. The Bertz CT molecular complexity index is 6160. The number of esters is 8. The number of rotatable bonds is 28. The molecule has 8 aromatic carbocycles. The van der Waals surface area contributed by atoms with E-state index in [1.807, 2.05) is 0 Å². The van der Waals surface area contributed by atoms with Gasteiger partial charge in [0.25, 0.3) is 0 Å². The number of carboxylic acids is 4. The highest BCUT2D eigenvalue weighted by Gasteiger charge is 2.57. The number of phenols is 16. The Morgan fingerprint density at radius 3 is 0.615 bits per heavy atom. The molecular formula is C100H96O48. The van der Waals surface area contributed by atoms with Crippen molar-refractivity contribution in [1.29, 1.82) is 0 Å². The summed E-state index contributed by atoms with van der Waals surface area (Å²) in [6.45, 7) is 0. The number of ether oxygens (including phenoxy) is 8. The van der Waals surface area contributed by atoms with Gasteiger partial charge in [0.05, 0.1) is 18.3 Å². The van der Waals surface area contributed by atoms with Crippen LogP contribution in [0.2, 0.25) is 0 Å². The highest BCUT2D eigenvalue weighted by molar-refractivity contribution is 5.94. The molecule has 0 saturated heterocycles. The van der Waals surface area contributed by atoms with Crippen LogP contribution in [0.5, 0.6) is 92.0 Å². The molecule has 0 unspecified atom stereocenters. The molecule has 14 atom stereocenters. The first-order valence-electron chi connectivity index (χ1n) is 43.3. The number of aromatic hydroxyl groups is 16. The molecule has 4 saturated carbocycles. The molecule has 148 heavy (non-hydrogen) atoms. The number of phenolic OH excluding ortho intramolecular Hbond substituents is 16. The third-order valence-corrected chi connectivity index (χ3v) is 22.4. The lowest BCUT2D eigenvalue weighted by Gasteiger charge is -2.41. The van der Waals surface area contributed by atoms with Gasteiger partial charge in [-0.1, -0.05) is 48.5 Å². The van der Waals surface area contributed by atoms with Crippen molar-refractivity contribution in [2.24, 2.45) is 0 Å². The van der Waals surface area contributed by atoms with Crippen LogP contribution in [0.15, 0.2) is 194 Å². The minimum atomic E-state index is -2.48. The van der Waals surface area contributed by atoms with Crippen LogP contribution in [0, 0.1) is 0 Å². The maximum absolute atomic E-state index is 12.4. The molecule has 4 fully saturated rings. The second kappa shape index (κ2) is 49.7. The molecule has 4 aliphatic rings. The molecule has 0 radical (unpaired) electrons. The van der Waals surface area contributed by atoms with Crippen molar-refractivity contribution in [3.8, 4) is 92.0 Å². The zero-order valence-corrected chi connectivity index (χ0v) is 76.4. The van der Waals surface area contributed by atoms with Gasteiger partial charge in [0.2, 0.25) is 5.60 Å². The molecule has 0 aromatic heterocycles. The summed E-state index contributed by atoms with van der Waals surface area (Å²) >= 11 is 0. The van der Waals surface area contributed by atoms with Crippen LogP contribution < -0.4 is 0 Å². The summed E-state index contributed by atoms with van der Waals surface area (Å²) in [5.41, 5.74) is -7.22. The molecule has 0 amide bonds. The van der Waals surface area contributed by atoms with Gasteiger partial charge in [-0.05, 0) is 190 Å². The summed E-state index contributed by atoms with van der Waals surface area (Å²) in [5.74, 6) is -21.3. The molecule has 48 nitrogen and oxygen atoms in total. The Kier molecular flexibility index (Phi) is 38.1. The van der Waals surface area contributed by atoms with Crippen LogP contribution in [0.3, 0.4) is 0 Å². The maximum Gasteiger partial charge on any atom is 0.348 e. The van der Waals surface area contributed by atoms with Gasteiger partial charge in [-0.3, -0.25) is 0 Å². The minimum absolute atomic E-state index is 0.288. The van der Waals surface area contributed by atoms with E-state index in [9.17, 15) is 201 Å². The normalized spacial score (nSPS) is 23.7. The van der Waals surface area contributed by atoms with Gasteiger partial charge in [0.1, 0.15) is 42.7 Å². The van der Waals surface area contributed by atoms with E-state index in [0.29, 0.717) is 38.9 Å².